The lowest BCUT2D eigenvalue weighted by molar-refractivity contribution is -0.0000195. The molecule has 1 fully saturated rings. The number of piperazine rings is 1. The Bertz CT molecular complexity index is 548. The number of carbonyl (C=O) groups is 1. The first-order valence-corrected chi connectivity index (χ1v) is 9.05. The summed E-state index contributed by atoms with van der Waals surface area (Å²) in [6.45, 7) is 9.99. The van der Waals surface area contributed by atoms with E-state index < -0.39 is 6.10 Å². The fourth-order valence-electron chi connectivity index (χ4n) is 2.95. The Balaban J connectivity index is 0.00000338. The average Bonchev–Trinajstić information content (AvgIpc) is 2.61. The molecule has 0 saturated carbocycles. The van der Waals surface area contributed by atoms with Crippen molar-refractivity contribution in [2.45, 2.75) is 32.8 Å². The molecule has 148 valence electrons. The lowest BCUT2D eigenvalue weighted by atomic mass is 10.0. The van der Waals surface area contributed by atoms with Crippen LogP contribution in [0.1, 0.15) is 32.3 Å². The molecule has 0 aromatic heterocycles. The molecule has 1 atom stereocenters. The van der Waals surface area contributed by atoms with Crippen LogP contribution in [0.4, 0.5) is 4.79 Å². The highest BCUT2D eigenvalue weighted by Crippen LogP contribution is 2.25. The molecule has 1 amide bonds. The van der Waals surface area contributed by atoms with Crippen molar-refractivity contribution in [3.8, 4) is 5.75 Å². The minimum absolute atomic E-state index is 0. The van der Waals surface area contributed by atoms with Crippen molar-refractivity contribution in [1.82, 2.24) is 9.80 Å². The zero-order valence-electron chi connectivity index (χ0n) is 15.9. The van der Waals surface area contributed by atoms with Gasteiger partial charge in [-0.1, -0.05) is 32.0 Å². The first kappa shape index (κ1) is 22.5. The number of hydrogen-bond donors (Lipinski definition) is 1. The maximum Gasteiger partial charge on any atom is 0.409 e. The molecule has 1 aromatic rings. The lowest BCUT2D eigenvalue weighted by Crippen LogP contribution is -3.00. The van der Waals surface area contributed by atoms with Crippen LogP contribution in [0, 0.1) is 0 Å². The van der Waals surface area contributed by atoms with Crippen LogP contribution >= 0.6 is 0 Å². The summed E-state index contributed by atoms with van der Waals surface area (Å²) in [5.41, 5.74) is 1.15. The van der Waals surface area contributed by atoms with Gasteiger partial charge in [0.05, 0.1) is 6.61 Å². The molecule has 1 heterocycles. The van der Waals surface area contributed by atoms with Gasteiger partial charge in [0, 0.05) is 32.7 Å². The summed E-state index contributed by atoms with van der Waals surface area (Å²) in [5, 5.41) is 10.3. The number of para-hydroxylation sites is 1. The van der Waals surface area contributed by atoms with E-state index in [1.165, 1.54) is 0 Å². The predicted molar refractivity (Wildman–Crippen MR) is 97.1 cm³/mol. The molecule has 0 bridgehead atoms. The first-order valence-electron chi connectivity index (χ1n) is 9.05. The molecular formula is C19H30ClN2O4-. The van der Waals surface area contributed by atoms with Gasteiger partial charge in [-0.15, -0.1) is 0 Å². The molecule has 0 spiro atoms. The number of amides is 1. The Morgan fingerprint density at radius 2 is 1.85 bits per heavy atom. The van der Waals surface area contributed by atoms with E-state index in [4.69, 9.17) is 9.47 Å². The number of halogens is 1. The quantitative estimate of drug-likeness (QED) is 0.674. The Kier molecular flexibility index (Phi) is 9.76. The van der Waals surface area contributed by atoms with E-state index in [9.17, 15) is 9.90 Å². The number of benzene rings is 1. The van der Waals surface area contributed by atoms with E-state index in [-0.39, 0.29) is 25.1 Å². The highest BCUT2D eigenvalue weighted by Gasteiger charge is 2.23. The molecule has 0 aliphatic carbocycles. The second-order valence-electron chi connectivity index (χ2n) is 6.64. The number of aliphatic hydroxyl groups excluding tert-OH is 1. The van der Waals surface area contributed by atoms with E-state index >= 15 is 0 Å². The van der Waals surface area contributed by atoms with Crippen LogP contribution < -0.4 is 17.1 Å². The van der Waals surface area contributed by atoms with Gasteiger partial charge in [0.2, 0.25) is 0 Å². The minimum Gasteiger partial charge on any atom is -1.00 e. The molecule has 0 radical (unpaired) electrons. The molecule has 6 nitrogen and oxygen atoms in total. The molecule has 26 heavy (non-hydrogen) atoms. The number of ether oxygens (including phenoxy) is 2. The standard InChI is InChI=1S/C19H30N2O4.ClH/c1-4-24-19(23)21-11-9-20(10-12-21)13-16(22)14-25-18-8-6-5-7-17(18)15(2)3;/h5-8,15-16,22H,4,9-14H2,1-3H3;1H/p-1. The van der Waals surface area contributed by atoms with E-state index in [2.05, 4.69) is 24.8 Å². The van der Waals surface area contributed by atoms with Crippen molar-refractivity contribution in [2.75, 3.05) is 45.9 Å². The van der Waals surface area contributed by atoms with Gasteiger partial charge >= 0.3 is 6.09 Å². The number of nitrogens with zero attached hydrogens (tertiary/aromatic N) is 2. The first-order chi connectivity index (χ1) is 12.0. The van der Waals surface area contributed by atoms with Gasteiger partial charge in [-0.2, -0.15) is 0 Å². The van der Waals surface area contributed by atoms with Crippen LogP contribution in [0.5, 0.6) is 5.75 Å². The van der Waals surface area contributed by atoms with Gasteiger partial charge in [-0.3, -0.25) is 4.90 Å². The van der Waals surface area contributed by atoms with Crippen molar-refractivity contribution in [3.05, 3.63) is 29.8 Å². The summed E-state index contributed by atoms with van der Waals surface area (Å²) < 4.78 is 10.8. The van der Waals surface area contributed by atoms with Gasteiger partial charge < -0.3 is 31.9 Å². The number of aliphatic hydroxyl groups is 1. The number of rotatable bonds is 7. The normalized spacial score (nSPS) is 16.1. The summed E-state index contributed by atoms with van der Waals surface area (Å²) in [6.07, 6.45) is -0.814. The maximum absolute atomic E-state index is 11.7. The zero-order chi connectivity index (χ0) is 18.2. The number of carbonyl (C=O) groups excluding carboxylic acids is 1. The smallest absolute Gasteiger partial charge is 0.409 e. The second-order valence-corrected chi connectivity index (χ2v) is 6.64. The van der Waals surface area contributed by atoms with Gasteiger partial charge in [-0.25, -0.2) is 4.79 Å². The summed E-state index contributed by atoms with van der Waals surface area (Å²) >= 11 is 0. The van der Waals surface area contributed by atoms with Crippen LogP contribution in [0.2, 0.25) is 0 Å². The molecule has 1 aromatic carbocycles. The monoisotopic (exact) mass is 385 g/mol. The van der Waals surface area contributed by atoms with Crippen LogP contribution in [-0.4, -0.2) is 73.0 Å². The molecule has 1 aliphatic heterocycles. The Labute approximate surface area is 162 Å². The third kappa shape index (κ3) is 6.67. The van der Waals surface area contributed by atoms with Gasteiger partial charge in [0.1, 0.15) is 18.5 Å². The topological polar surface area (TPSA) is 62.2 Å². The summed E-state index contributed by atoms with van der Waals surface area (Å²) in [7, 11) is 0. The Morgan fingerprint density at radius 3 is 2.46 bits per heavy atom. The third-order valence-corrected chi connectivity index (χ3v) is 4.34. The van der Waals surface area contributed by atoms with E-state index in [1.807, 2.05) is 25.1 Å². The highest BCUT2D eigenvalue weighted by molar-refractivity contribution is 5.67. The van der Waals surface area contributed by atoms with Crippen molar-refractivity contribution in [2.24, 2.45) is 0 Å². The molecule has 1 unspecified atom stereocenters. The SMILES string of the molecule is CCOC(=O)N1CCN(CC(O)COc2ccccc2C(C)C)CC1.[Cl-]. The molecule has 7 heteroatoms. The van der Waals surface area contributed by atoms with E-state index in [0.717, 1.165) is 24.4 Å². The fourth-order valence-corrected chi connectivity index (χ4v) is 2.95. The molecule has 1 N–H and O–H groups in total. The summed E-state index contributed by atoms with van der Waals surface area (Å²) in [5.74, 6) is 1.22. The summed E-state index contributed by atoms with van der Waals surface area (Å²) in [4.78, 5) is 15.5. The molecule has 2 rings (SSSR count). The fraction of sp³-hybridized carbons (Fsp3) is 0.632. The molecular weight excluding hydrogens is 356 g/mol. The second kappa shape index (κ2) is 11.3. The van der Waals surface area contributed by atoms with Crippen LogP contribution in [0.15, 0.2) is 24.3 Å². The van der Waals surface area contributed by atoms with Gasteiger partial charge in [0.25, 0.3) is 0 Å². The van der Waals surface area contributed by atoms with Crippen molar-refractivity contribution in [1.29, 1.82) is 0 Å². The Hall–Kier alpha value is -1.50. The molecule has 1 saturated heterocycles. The minimum atomic E-state index is -0.561. The van der Waals surface area contributed by atoms with Crippen LogP contribution in [0.3, 0.4) is 0 Å². The average molecular weight is 386 g/mol. The highest BCUT2D eigenvalue weighted by atomic mass is 35.5. The zero-order valence-corrected chi connectivity index (χ0v) is 16.6. The lowest BCUT2D eigenvalue weighted by Gasteiger charge is -2.34. The van der Waals surface area contributed by atoms with E-state index in [1.54, 1.807) is 4.90 Å². The van der Waals surface area contributed by atoms with E-state index in [0.29, 0.717) is 32.2 Å². The number of β-amino-alcohol motifs (C(OH)–C–C–N with tert-alkyl or cyclic N) is 1. The maximum atomic E-state index is 11.7. The summed E-state index contributed by atoms with van der Waals surface area (Å²) in [6, 6.07) is 7.95. The van der Waals surface area contributed by atoms with Gasteiger partial charge in [0.15, 0.2) is 0 Å². The Morgan fingerprint density at radius 1 is 1.19 bits per heavy atom. The van der Waals surface area contributed by atoms with Crippen molar-refractivity contribution >= 4 is 6.09 Å². The van der Waals surface area contributed by atoms with Crippen LogP contribution in [-0.2, 0) is 4.74 Å². The van der Waals surface area contributed by atoms with Crippen molar-refractivity contribution in [3.63, 3.8) is 0 Å². The third-order valence-electron chi connectivity index (χ3n) is 4.34. The number of hydrogen-bond acceptors (Lipinski definition) is 5. The largest absolute Gasteiger partial charge is 1.00 e. The van der Waals surface area contributed by atoms with Crippen molar-refractivity contribution < 1.29 is 31.8 Å². The van der Waals surface area contributed by atoms with Crippen LogP contribution in [0.25, 0.3) is 0 Å². The van der Waals surface area contributed by atoms with Gasteiger partial charge in [-0.05, 0) is 24.5 Å². The predicted octanol–water partition coefficient (Wildman–Crippen LogP) is -0.672. The molecule has 1 aliphatic rings.